The third-order valence-electron chi connectivity index (χ3n) is 3.92. The summed E-state index contributed by atoms with van der Waals surface area (Å²) in [5.74, 6) is 1.45. The summed E-state index contributed by atoms with van der Waals surface area (Å²) in [4.78, 5) is 22.7. The van der Waals surface area contributed by atoms with Crippen molar-refractivity contribution in [3.8, 4) is 11.6 Å². The van der Waals surface area contributed by atoms with Crippen molar-refractivity contribution in [2.24, 2.45) is 0 Å². The number of thiophene rings is 1. The highest BCUT2D eigenvalue weighted by molar-refractivity contribution is 8.00. The molecule has 7 heteroatoms. The Kier molecular flexibility index (Phi) is 5.50. The largest absolute Gasteiger partial charge is 0.461 e. The lowest BCUT2D eigenvalue weighted by Gasteiger charge is -2.08. The van der Waals surface area contributed by atoms with Gasteiger partial charge in [0.15, 0.2) is 11.6 Å². The maximum Gasteiger partial charge on any atom is 0.230 e. The third-order valence-corrected chi connectivity index (χ3v) is 5.85. The minimum atomic E-state index is -0.00111. The average molecular weight is 396 g/mol. The van der Waals surface area contributed by atoms with Gasteiger partial charge in [-0.05, 0) is 36.1 Å². The summed E-state index contributed by atoms with van der Waals surface area (Å²) in [7, 11) is 0. The van der Waals surface area contributed by atoms with Crippen LogP contribution in [-0.2, 0) is 11.2 Å². The fourth-order valence-electron chi connectivity index (χ4n) is 2.64. The third kappa shape index (κ3) is 4.37. The molecular formula is C20H17N3O2S2. The van der Waals surface area contributed by atoms with Crippen LogP contribution in [0.25, 0.3) is 22.5 Å². The first-order valence-corrected chi connectivity index (χ1v) is 10.4. The zero-order chi connectivity index (χ0) is 18.5. The second-order valence-corrected chi connectivity index (χ2v) is 7.81. The molecule has 0 aliphatic rings. The van der Waals surface area contributed by atoms with Gasteiger partial charge in [0.05, 0.1) is 17.5 Å². The first kappa shape index (κ1) is 17.8. The van der Waals surface area contributed by atoms with Crippen LogP contribution in [0.2, 0.25) is 0 Å². The SMILES string of the molecule is O=C(CSc1nc(-c2ccco2)nc2ccccc12)NCCc1cccs1. The summed E-state index contributed by atoms with van der Waals surface area (Å²) in [5, 5.41) is 6.72. The number of fused-ring (bicyclic) bond motifs is 1. The fourth-order valence-corrected chi connectivity index (χ4v) is 4.20. The van der Waals surface area contributed by atoms with E-state index in [9.17, 15) is 4.79 Å². The van der Waals surface area contributed by atoms with Gasteiger partial charge in [-0.2, -0.15) is 0 Å². The average Bonchev–Trinajstić information content (AvgIpc) is 3.40. The van der Waals surface area contributed by atoms with Crippen LogP contribution in [0, 0.1) is 0 Å². The topological polar surface area (TPSA) is 68.0 Å². The lowest BCUT2D eigenvalue weighted by atomic mass is 10.2. The Hall–Kier alpha value is -2.64. The van der Waals surface area contributed by atoms with E-state index in [1.54, 1.807) is 17.6 Å². The number of amides is 1. The number of carbonyl (C=O) groups is 1. The van der Waals surface area contributed by atoms with E-state index in [2.05, 4.69) is 21.4 Å². The highest BCUT2D eigenvalue weighted by Gasteiger charge is 2.13. The zero-order valence-corrected chi connectivity index (χ0v) is 16.1. The molecule has 0 saturated heterocycles. The van der Waals surface area contributed by atoms with Gasteiger partial charge in [-0.3, -0.25) is 4.79 Å². The summed E-state index contributed by atoms with van der Waals surface area (Å²) >= 11 is 3.12. The predicted octanol–water partition coefficient (Wildman–Crippen LogP) is 4.40. The molecule has 27 heavy (non-hydrogen) atoms. The van der Waals surface area contributed by atoms with E-state index in [1.165, 1.54) is 16.6 Å². The molecule has 0 atom stereocenters. The zero-order valence-electron chi connectivity index (χ0n) is 14.4. The number of benzene rings is 1. The van der Waals surface area contributed by atoms with E-state index >= 15 is 0 Å². The van der Waals surface area contributed by atoms with Crippen LogP contribution in [0.5, 0.6) is 0 Å². The molecule has 0 saturated carbocycles. The molecule has 1 aromatic carbocycles. The Labute approximate surface area is 164 Å². The first-order chi connectivity index (χ1) is 13.3. The van der Waals surface area contributed by atoms with Crippen molar-refractivity contribution in [2.75, 3.05) is 12.3 Å². The van der Waals surface area contributed by atoms with E-state index in [-0.39, 0.29) is 5.91 Å². The van der Waals surface area contributed by atoms with Gasteiger partial charge in [0.25, 0.3) is 0 Å². The number of thioether (sulfide) groups is 1. The van der Waals surface area contributed by atoms with Crippen LogP contribution >= 0.6 is 23.1 Å². The number of nitrogens with zero attached hydrogens (tertiary/aromatic N) is 2. The smallest absolute Gasteiger partial charge is 0.230 e. The summed E-state index contributed by atoms with van der Waals surface area (Å²) in [6, 6.07) is 15.5. The van der Waals surface area contributed by atoms with Gasteiger partial charge in [-0.1, -0.05) is 36.0 Å². The van der Waals surface area contributed by atoms with Crippen molar-refractivity contribution < 1.29 is 9.21 Å². The van der Waals surface area contributed by atoms with E-state index < -0.39 is 0 Å². The number of nitrogens with one attached hydrogen (secondary N) is 1. The summed E-state index contributed by atoms with van der Waals surface area (Å²) < 4.78 is 5.42. The first-order valence-electron chi connectivity index (χ1n) is 8.52. The molecule has 5 nitrogen and oxygen atoms in total. The summed E-state index contributed by atoms with van der Waals surface area (Å²) in [5.41, 5.74) is 0.833. The number of para-hydroxylation sites is 1. The number of rotatable bonds is 7. The van der Waals surface area contributed by atoms with Gasteiger partial charge < -0.3 is 9.73 Å². The maximum absolute atomic E-state index is 12.2. The van der Waals surface area contributed by atoms with Gasteiger partial charge in [0, 0.05) is 16.8 Å². The normalized spacial score (nSPS) is 11.0. The summed E-state index contributed by atoms with van der Waals surface area (Å²) in [6.45, 7) is 0.641. The van der Waals surface area contributed by atoms with Crippen LogP contribution in [0.1, 0.15) is 4.88 Å². The van der Waals surface area contributed by atoms with Crippen LogP contribution in [-0.4, -0.2) is 28.2 Å². The minimum absolute atomic E-state index is 0.00111. The minimum Gasteiger partial charge on any atom is -0.461 e. The molecule has 1 amide bonds. The molecular weight excluding hydrogens is 378 g/mol. The van der Waals surface area contributed by atoms with Crippen molar-refractivity contribution in [3.05, 3.63) is 65.1 Å². The summed E-state index contributed by atoms with van der Waals surface area (Å²) in [6.07, 6.45) is 2.45. The monoisotopic (exact) mass is 395 g/mol. The molecule has 0 spiro atoms. The Morgan fingerprint density at radius 3 is 2.85 bits per heavy atom. The van der Waals surface area contributed by atoms with Gasteiger partial charge in [0.2, 0.25) is 5.91 Å². The molecule has 4 rings (SSSR count). The van der Waals surface area contributed by atoms with Gasteiger partial charge in [-0.25, -0.2) is 9.97 Å². The van der Waals surface area contributed by atoms with Gasteiger partial charge in [-0.15, -0.1) is 11.3 Å². The molecule has 3 aromatic heterocycles. The van der Waals surface area contributed by atoms with Crippen molar-refractivity contribution in [2.45, 2.75) is 11.4 Å². The molecule has 0 aliphatic carbocycles. The maximum atomic E-state index is 12.2. The standard InChI is InChI=1S/C20H17N3O2S2/c24-18(21-10-9-14-5-4-12-26-14)13-27-20-15-6-1-2-7-16(15)22-19(23-20)17-8-3-11-25-17/h1-8,11-12H,9-10,13H2,(H,21,24). The van der Waals surface area contributed by atoms with Crippen LogP contribution in [0.4, 0.5) is 0 Å². The van der Waals surface area contributed by atoms with E-state index in [0.29, 0.717) is 23.9 Å². The van der Waals surface area contributed by atoms with Gasteiger partial charge >= 0.3 is 0 Å². The second-order valence-electron chi connectivity index (χ2n) is 5.81. The number of carbonyl (C=O) groups excluding carboxylic acids is 1. The van der Waals surface area contributed by atoms with Crippen LogP contribution in [0.15, 0.2) is 69.6 Å². The molecule has 0 unspecified atom stereocenters. The Morgan fingerprint density at radius 1 is 1.11 bits per heavy atom. The number of hydrogen-bond acceptors (Lipinski definition) is 6. The van der Waals surface area contributed by atoms with E-state index in [0.717, 1.165) is 22.3 Å². The van der Waals surface area contributed by atoms with Crippen LogP contribution < -0.4 is 5.32 Å². The molecule has 1 N–H and O–H groups in total. The Bertz CT molecular complexity index is 1030. The lowest BCUT2D eigenvalue weighted by Crippen LogP contribution is -2.27. The van der Waals surface area contributed by atoms with Gasteiger partial charge in [0.1, 0.15) is 5.03 Å². The van der Waals surface area contributed by atoms with Crippen molar-refractivity contribution >= 4 is 39.9 Å². The number of furan rings is 1. The fraction of sp³-hybridized carbons (Fsp3) is 0.150. The molecule has 136 valence electrons. The van der Waals surface area contributed by atoms with Crippen molar-refractivity contribution in [1.82, 2.24) is 15.3 Å². The lowest BCUT2D eigenvalue weighted by molar-refractivity contribution is -0.118. The molecule has 0 radical (unpaired) electrons. The van der Waals surface area contributed by atoms with Crippen molar-refractivity contribution in [3.63, 3.8) is 0 Å². The quantitative estimate of drug-likeness (QED) is 0.371. The number of hydrogen-bond donors (Lipinski definition) is 1. The van der Waals surface area contributed by atoms with E-state index in [1.807, 2.05) is 47.8 Å². The highest BCUT2D eigenvalue weighted by Crippen LogP contribution is 2.28. The Morgan fingerprint density at radius 2 is 2.04 bits per heavy atom. The molecule has 3 heterocycles. The molecule has 0 bridgehead atoms. The number of aromatic nitrogens is 2. The molecule has 0 aliphatic heterocycles. The van der Waals surface area contributed by atoms with Crippen LogP contribution in [0.3, 0.4) is 0 Å². The predicted molar refractivity (Wildman–Crippen MR) is 109 cm³/mol. The molecule has 0 fully saturated rings. The highest BCUT2D eigenvalue weighted by atomic mass is 32.2. The Balaban J connectivity index is 1.45. The van der Waals surface area contributed by atoms with Crippen molar-refractivity contribution in [1.29, 1.82) is 0 Å². The van der Waals surface area contributed by atoms with E-state index in [4.69, 9.17) is 4.42 Å². The second kappa shape index (κ2) is 8.37. The molecule has 4 aromatic rings.